The van der Waals surface area contributed by atoms with E-state index < -0.39 is 0 Å². The summed E-state index contributed by atoms with van der Waals surface area (Å²) in [6.07, 6.45) is 5.54. The molecule has 2 fully saturated rings. The molecule has 0 aliphatic carbocycles. The zero-order valence-corrected chi connectivity index (χ0v) is 26.5. The van der Waals surface area contributed by atoms with E-state index in [1.54, 1.807) is 16.6 Å². The van der Waals surface area contributed by atoms with Crippen molar-refractivity contribution in [3.8, 4) is 11.8 Å². The first-order chi connectivity index (χ1) is 20.8. The van der Waals surface area contributed by atoms with Crippen LogP contribution in [-0.2, 0) is 24.2 Å². The molecule has 0 spiro atoms. The van der Waals surface area contributed by atoms with Gasteiger partial charge in [-0.05, 0) is 80.3 Å². The molecule has 2 saturated heterocycles. The minimum absolute atomic E-state index is 0.116. The van der Waals surface area contributed by atoms with Gasteiger partial charge in [0.25, 0.3) is 11.5 Å². The van der Waals surface area contributed by atoms with Crippen LogP contribution in [0.1, 0.15) is 47.6 Å². The number of thioether (sulfide) groups is 1. The van der Waals surface area contributed by atoms with Crippen LogP contribution >= 0.6 is 24.0 Å². The van der Waals surface area contributed by atoms with Gasteiger partial charge in [-0.3, -0.25) is 19.1 Å². The number of methoxy groups -OCH3 is 1. The first kappa shape index (κ1) is 30.6. The molecule has 3 aromatic rings. The third-order valence-electron chi connectivity index (χ3n) is 8.38. The third kappa shape index (κ3) is 6.56. The highest BCUT2D eigenvalue weighted by atomic mass is 32.2. The SMILES string of the molecule is CCn1c(N2CCC(Cc3ccccc3)CC2)c(/C=C2/SC(=S)N(CCc3ccc(OC)cc3)C2=O)c(C)c(C#N)c1=O. The van der Waals surface area contributed by atoms with Crippen molar-refractivity contribution < 1.29 is 9.53 Å². The van der Waals surface area contributed by atoms with Crippen molar-refractivity contribution in [3.63, 3.8) is 0 Å². The summed E-state index contributed by atoms with van der Waals surface area (Å²) in [5.41, 5.74) is 3.60. The zero-order chi connectivity index (χ0) is 30.5. The van der Waals surface area contributed by atoms with Crippen LogP contribution in [0.2, 0.25) is 0 Å². The Kier molecular flexibility index (Phi) is 9.69. The Morgan fingerprint density at radius 1 is 1.07 bits per heavy atom. The standard InChI is InChI=1S/C34H36N4O3S2/c1-4-37-31(36-17-14-26(15-18-36)20-25-8-6-5-7-9-25)28(23(2)29(22-35)32(37)39)21-30-33(40)38(34(42)43-30)19-16-24-10-12-27(41-3)13-11-24/h5-13,21,26H,4,14-20H2,1-3H3/b30-21+. The Balaban J connectivity index is 1.42. The maximum atomic E-state index is 13.6. The second-order valence-electron chi connectivity index (χ2n) is 11.0. The summed E-state index contributed by atoms with van der Waals surface area (Å²) in [4.78, 5) is 31.4. The van der Waals surface area contributed by atoms with Crippen molar-refractivity contribution in [3.05, 3.63) is 97.7 Å². The van der Waals surface area contributed by atoms with Gasteiger partial charge < -0.3 is 9.64 Å². The molecule has 0 unspecified atom stereocenters. The number of hydrogen-bond acceptors (Lipinski definition) is 7. The van der Waals surface area contributed by atoms with Crippen LogP contribution in [0.5, 0.6) is 5.75 Å². The second-order valence-corrected chi connectivity index (χ2v) is 12.6. The monoisotopic (exact) mass is 612 g/mol. The number of amides is 1. The first-order valence-corrected chi connectivity index (χ1v) is 15.9. The van der Waals surface area contributed by atoms with Gasteiger partial charge in [-0.25, -0.2) is 0 Å². The van der Waals surface area contributed by atoms with Crippen LogP contribution in [0.15, 0.2) is 64.3 Å². The number of piperidine rings is 1. The summed E-state index contributed by atoms with van der Waals surface area (Å²) in [5, 5.41) is 9.92. The van der Waals surface area contributed by atoms with E-state index in [-0.39, 0.29) is 17.0 Å². The minimum atomic E-state index is -0.284. The van der Waals surface area contributed by atoms with Gasteiger partial charge in [-0.15, -0.1) is 0 Å². The van der Waals surface area contributed by atoms with Crippen LogP contribution in [0.25, 0.3) is 6.08 Å². The van der Waals surface area contributed by atoms with E-state index in [2.05, 4.69) is 35.2 Å². The number of nitriles is 1. The number of ether oxygens (including phenoxy) is 1. The number of nitrogens with zero attached hydrogens (tertiary/aromatic N) is 4. The summed E-state index contributed by atoms with van der Waals surface area (Å²) in [6, 6.07) is 20.5. The molecule has 0 radical (unpaired) electrons. The molecule has 43 heavy (non-hydrogen) atoms. The summed E-state index contributed by atoms with van der Waals surface area (Å²) in [7, 11) is 1.63. The Bertz CT molecular complexity index is 1630. The minimum Gasteiger partial charge on any atom is -0.497 e. The highest BCUT2D eigenvalue weighted by Crippen LogP contribution is 2.37. The predicted octanol–water partition coefficient (Wildman–Crippen LogP) is 5.96. The van der Waals surface area contributed by atoms with Crippen LogP contribution in [0.3, 0.4) is 0 Å². The van der Waals surface area contributed by atoms with Gasteiger partial charge in [-0.1, -0.05) is 66.4 Å². The van der Waals surface area contributed by atoms with Crippen molar-refractivity contribution in [2.45, 2.75) is 46.1 Å². The van der Waals surface area contributed by atoms with Gasteiger partial charge in [0.15, 0.2) is 0 Å². The molecule has 0 bridgehead atoms. The Morgan fingerprint density at radius 3 is 2.40 bits per heavy atom. The van der Waals surface area contributed by atoms with Crippen molar-refractivity contribution in [2.24, 2.45) is 5.92 Å². The van der Waals surface area contributed by atoms with Crippen molar-refractivity contribution in [2.75, 3.05) is 31.6 Å². The van der Waals surface area contributed by atoms with E-state index in [1.807, 2.05) is 50.3 Å². The van der Waals surface area contributed by atoms with Crippen molar-refractivity contribution in [1.82, 2.24) is 9.47 Å². The average Bonchev–Trinajstić information content (AvgIpc) is 3.29. The van der Waals surface area contributed by atoms with Crippen LogP contribution in [0.4, 0.5) is 5.82 Å². The maximum absolute atomic E-state index is 13.6. The van der Waals surface area contributed by atoms with E-state index in [0.717, 1.165) is 55.0 Å². The van der Waals surface area contributed by atoms with E-state index in [1.165, 1.54) is 17.3 Å². The largest absolute Gasteiger partial charge is 0.497 e. The van der Waals surface area contributed by atoms with Crippen LogP contribution < -0.4 is 15.2 Å². The second kappa shape index (κ2) is 13.6. The molecule has 1 aromatic heterocycles. The van der Waals surface area contributed by atoms with Gasteiger partial charge in [0, 0.05) is 31.7 Å². The summed E-state index contributed by atoms with van der Waals surface area (Å²) < 4.78 is 7.45. The number of anilines is 1. The molecule has 7 nitrogen and oxygen atoms in total. The number of carbonyl (C=O) groups is 1. The van der Waals surface area contributed by atoms with Gasteiger partial charge in [-0.2, -0.15) is 5.26 Å². The van der Waals surface area contributed by atoms with Gasteiger partial charge in [0.05, 0.1) is 12.0 Å². The zero-order valence-electron chi connectivity index (χ0n) is 24.8. The van der Waals surface area contributed by atoms with Gasteiger partial charge >= 0.3 is 0 Å². The fourth-order valence-electron chi connectivity index (χ4n) is 5.93. The molecule has 9 heteroatoms. The lowest BCUT2D eigenvalue weighted by Gasteiger charge is -2.36. The lowest BCUT2D eigenvalue weighted by Crippen LogP contribution is -2.39. The number of thiocarbonyl (C=S) groups is 1. The smallest absolute Gasteiger partial charge is 0.270 e. The number of benzene rings is 2. The number of pyridine rings is 1. The van der Waals surface area contributed by atoms with Gasteiger partial charge in [0.1, 0.15) is 27.5 Å². The number of hydrogen-bond donors (Lipinski definition) is 0. The lowest BCUT2D eigenvalue weighted by molar-refractivity contribution is -0.122. The molecule has 2 aromatic carbocycles. The Hall–Kier alpha value is -3.87. The maximum Gasteiger partial charge on any atom is 0.270 e. The lowest BCUT2D eigenvalue weighted by atomic mass is 9.90. The summed E-state index contributed by atoms with van der Waals surface area (Å²) >= 11 is 6.91. The average molecular weight is 613 g/mol. The summed E-state index contributed by atoms with van der Waals surface area (Å²) in [6.45, 7) is 6.22. The molecule has 2 aliphatic rings. The van der Waals surface area contributed by atoms with Crippen molar-refractivity contribution >= 4 is 46.1 Å². The molecular weight excluding hydrogens is 577 g/mol. The fourth-order valence-corrected chi connectivity index (χ4v) is 7.22. The number of aromatic nitrogens is 1. The fraction of sp³-hybridized carbons (Fsp3) is 0.353. The number of rotatable bonds is 9. The third-order valence-corrected chi connectivity index (χ3v) is 9.75. The number of carbonyl (C=O) groups excluding carboxylic acids is 1. The highest BCUT2D eigenvalue weighted by molar-refractivity contribution is 8.26. The van der Waals surface area contributed by atoms with E-state index in [0.29, 0.717) is 40.2 Å². The molecule has 1 amide bonds. The Morgan fingerprint density at radius 2 is 1.77 bits per heavy atom. The molecule has 0 saturated carbocycles. The molecule has 222 valence electrons. The van der Waals surface area contributed by atoms with E-state index in [4.69, 9.17) is 17.0 Å². The van der Waals surface area contributed by atoms with E-state index in [9.17, 15) is 14.9 Å². The predicted molar refractivity (Wildman–Crippen MR) is 177 cm³/mol. The normalized spacial score (nSPS) is 16.7. The first-order valence-electron chi connectivity index (χ1n) is 14.7. The highest BCUT2D eigenvalue weighted by Gasteiger charge is 2.33. The van der Waals surface area contributed by atoms with Crippen LogP contribution in [0, 0.1) is 24.2 Å². The molecule has 0 atom stereocenters. The Labute approximate surface area is 262 Å². The summed E-state index contributed by atoms with van der Waals surface area (Å²) in [5.74, 6) is 1.98. The molecule has 2 aliphatic heterocycles. The molecular formula is C34H36N4O3S2. The molecule has 5 rings (SSSR count). The topological polar surface area (TPSA) is 78.6 Å². The van der Waals surface area contributed by atoms with E-state index >= 15 is 0 Å². The van der Waals surface area contributed by atoms with Gasteiger partial charge in [0.2, 0.25) is 0 Å². The quantitative estimate of drug-likeness (QED) is 0.218. The van der Waals surface area contributed by atoms with Crippen LogP contribution in [-0.4, -0.2) is 46.4 Å². The molecule has 0 N–H and O–H groups in total. The molecule has 3 heterocycles. The van der Waals surface area contributed by atoms with Crippen molar-refractivity contribution in [1.29, 1.82) is 5.26 Å².